The maximum absolute atomic E-state index is 13.7. The van der Waals surface area contributed by atoms with E-state index in [0.29, 0.717) is 5.11 Å². The van der Waals surface area contributed by atoms with E-state index < -0.39 is 0 Å². The number of nitrogens with one attached hydrogen (secondary N) is 3. The Balaban J connectivity index is 2.11. The average molecular weight is 375 g/mol. The van der Waals surface area contributed by atoms with Gasteiger partial charge in [0.2, 0.25) is 0 Å². The highest BCUT2D eigenvalue weighted by Gasteiger charge is 2.16. The molecule has 5 heteroatoms. The SMILES string of the molecule is CCc1ccc([C@H](NC(=S)NCCC[NH+](C)C)c2cccc(F)c2)cc1. The fourth-order valence-corrected chi connectivity index (χ4v) is 3.04. The largest absolute Gasteiger partial charge is 0.362 e. The quantitative estimate of drug-likeness (QED) is 0.490. The Labute approximate surface area is 161 Å². The minimum atomic E-state index is -0.243. The Hall–Kier alpha value is -1.98. The van der Waals surface area contributed by atoms with Gasteiger partial charge in [-0.2, -0.15) is 0 Å². The Morgan fingerprint density at radius 2 is 1.85 bits per heavy atom. The fourth-order valence-electron chi connectivity index (χ4n) is 2.82. The third kappa shape index (κ3) is 6.39. The third-order valence-electron chi connectivity index (χ3n) is 4.32. The standard InChI is InChI=1S/C21H28FN3S/c1-4-16-9-11-17(12-10-16)20(18-7-5-8-19(22)15-18)24-21(26)23-13-6-14-25(2)3/h5,7-12,15,20H,4,6,13-14H2,1-3H3,(H2,23,24,26)/p+1/t20-/m0/s1. The number of benzene rings is 2. The second-order valence-corrected chi connectivity index (χ2v) is 7.20. The molecule has 0 spiro atoms. The van der Waals surface area contributed by atoms with Crippen molar-refractivity contribution in [1.82, 2.24) is 10.6 Å². The molecule has 0 aliphatic rings. The maximum Gasteiger partial charge on any atom is 0.167 e. The van der Waals surface area contributed by atoms with Crippen LogP contribution in [-0.4, -0.2) is 32.3 Å². The first-order valence-electron chi connectivity index (χ1n) is 9.17. The number of quaternary nitrogens is 1. The van der Waals surface area contributed by atoms with E-state index in [1.165, 1.54) is 16.5 Å². The molecule has 1 atom stereocenters. The highest BCUT2D eigenvalue weighted by atomic mass is 32.1. The molecular formula is C21H29FN3S+. The van der Waals surface area contributed by atoms with Crippen LogP contribution in [-0.2, 0) is 6.42 Å². The Kier molecular flexibility index (Phi) is 8.01. The lowest BCUT2D eigenvalue weighted by atomic mass is 9.97. The van der Waals surface area contributed by atoms with Gasteiger partial charge in [-0.3, -0.25) is 0 Å². The van der Waals surface area contributed by atoms with Crippen molar-refractivity contribution in [3.05, 3.63) is 71.0 Å². The number of aryl methyl sites for hydroxylation is 1. The van der Waals surface area contributed by atoms with Crippen LogP contribution in [0.5, 0.6) is 0 Å². The maximum atomic E-state index is 13.7. The zero-order valence-electron chi connectivity index (χ0n) is 15.8. The van der Waals surface area contributed by atoms with Gasteiger partial charge in [-0.25, -0.2) is 4.39 Å². The van der Waals surface area contributed by atoms with E-state index in [1.807, 2.05) is 6.07 Å². The lowest BCUT2D eigenvalue weighted by molar-refractivity contribution is -0.858. The monoisotopic (exact) mass is 374 g/mol. The number of thiocarbonyl (C=S) groups is 1. The molecule has 2 aromatic carbocycles. The van der Waals surface area contributed by atoms with Crippen molar-refractivity contribution >= 4 is 17.3 Å². The van der Waals surface area contributed by atoms with Gasteiger partial charge in [-0.1, -0.05) is 43.3 Å². The van der Waals surface area contributed by atoms with Gasteiger partial charge < -0.3 is 15.5 Å². The molecular weight excluding hydrogens is 345 g/mol. The Morgan fingerprint density at radius 3 is 2.46 bits per heavy atom. The molecule has 0 amide bonds. The highest BCUT2D eigenvalue weighted by Crippen LogP contribution is 2.23. The summed E-state index contributed by atoms with van der Waals surface area (Å²) in [5.41, 5.74) is 3.20. The van der Waals surface area contributed by atoms with Crippen LogP contribution in [0.15, 0.2) is 48.5 Å². The first kappa shape index (κ1) is 20.3. The van der Waals surface area contributed by atoms with Gasteiger partial charge in [0.25, 0.3) is 0 Å². The van der Waals surface area contributed by atoms with Gasteiger partial charge >= 0.3 is 0 Å². The molecule has 0 aliphatic heterocycles. The lowest BCUT2D eigenvalue weighted by Gasteiger charge is -2.22. The van der Waals surface area contributed by atoms with E-state index in [0.717, 1.165) is 37.1 Å². The number of hydrogen-bond acceptors (Lipinski definition) is 1. The summed E-state index contributed by atoms with van der Waals surface area (Å²) in [6.07, 6.45) is 2.03. The summed E-state index contributed by atoms with van der Waals surface area (Å²) in [4.78, 5) is 1.42. The second-order valence-electron chi connectivity index (χ2n) is 6.79. The van der Waals surface area contributed by atoms with Crippen LogP contribution >= 0.6 is 12.2 Å². The van der Waals surface area contributed by atoms with Gasteiger partial charge in [0, 0.05) is 13.0 Å². The predicted octanol–water partition coefficient (Wildman–Crippen LogP) is 2.48. The molecule has 2 rings (SSSR count). The third-order valence-corrected chi connectivity index (χ3v) is 4.58. The highest BCUT2D eigenvalue weighted by molar-refractivity contribution is 7.80. The summed E-state index contributed by atoms with van der Waals surface area (Å²) >= 11 is 5.47. The first-order valence-corrected chi connectivity index (χ1v) is 9.58. The normalized spacial score (nSPS) is 12.0. The van der Waals surface area contributed by atoms with E-state index in [1.54, 1.807) is 12.1 Å². The first-order chi connectivity index (χ1) is 12.5. The van der Waals surface area contributed by atoms with Crippen molar-refractivity contribution in [2.24, 2.45) is 0 Å². The van der Waals surface area contributed by atoms with E-state index in [4.69, 9.17) is 12.2 Å². The second kappa shape index (κ2) is 10.2. The van der Waals surface area contributed by atoms with Gasteiger partial charge in [0.15, 0.2) is 5.11 Å². The van der Waals surface area contributed by atoms with Crippen molar-refractivity contribution < 1.29 is 9.29 Å². The van der Waals surface area contributed by atoms with Crippen LogP contribution in [0.1, 0.15) is 36.1 Å². The van der Waals surface area contributed by atoms with Crippen molar-refractivity contribution in [2.75, 3.05) is 27.2 Å². The van der Waals surface area contributed by atoms with Crippen molar-refractivity contribution in [1.29, 1.82) is 0 Å². The van der Waals surface area contributed by atoms with E-state index in [-0.39, 0.29) is 11.9 Å². The summed E-state index contributed by atoms with van der Waals surface area (Å²) in [5.74, 6) is -0.243. The Bertz CT molecular complexity index is 701. The molecule has 26 heavy (non-hydrogen) atoms. The minimum Gasteiger partial charge on any atom is -0.362 e. The van der Waals surface area contributed by atoms with E-state index >= 15 is 0 Å². The molecule has 0 saturated heterocycles. The van der Waals surface area contributed by atoms with Gasteiger partial charge in [0.1, 0.15) is 5.82 Å². The van der Waals surface area contributed by atoms with Gasteiger partial charge in [-0.05, 0) is 47.5 Å². The predicted molar refractivity (Wildman–Crippen MR) is 110 cm³/mol. The van der Waals surface area contributed by atoms with Gasteiger partial charge in [-0.15, -0.1) is 0 Å². The summed E-state index contributed by atoms with van der Waals surface area (Å²) in [6.45, 7) is 4.04. The molecule has 0 bridgehead atoms. The molecule has 0 aliphatic carbocycles. The fraction of sp³-hybridized carbons (Fsp3) is 0.381. The van der Waals surface area contributed by atoms with Crippen LogP contribution in [0, 0.1) is 5.82 Å². The van der Waals surface area contributed by atoms with Crippen LogP contribution < -0.4 is 15.5 Å². The van der Waals surface area contributed by atoms with E-state index in [2.05, 4.69) is 55.9 Å². The number of rotatable bonds is 8. The molecule has 0 heterocycles. The molecule has 140 valence electrons. The van der Waals surface area contributed by atoms with Crippen molar-refractivity contribution in [3.8, 4) is 0 Å². The average Bonchev–Trinajstić information content (AvgIpc) is 2.63. The molecule has 3 nitrogen and oxygen atoms in total. The molecule has 0 saturated carbocycles. The van der Waals surface area contributed by atoms with Crippen molar-refractivity contribution in [3.63, 3.8) is 0 Å². The molecule has 0 unspecified atom stereocenters. The van der Waals surface area contributed by atoms with Crippen LogP contribution in [0.2, 0.25) is 0 Å². The summed E-state index contributed by atoms with van der Waals surface area (Å²) < 4.78 is 13.7. The molecule has 0 radical (unpaired) electrons. The van der Waals surface area contributed by atoms with Crippen LogP contribution in [0.4, 0.5) is 4.39 Å². The van der Waals surface area contributed by atoms with Gasteiger partial charge in [0.05, 0.1) is 26.7 Å². The summed E-state index contributed by atoms with van der Waals surface area (Å²) in [6, 6.07) is 14.9. The van der Waals surface area contributed by atoms with Crippen LogP contribution in [0.3, 0.4) is 0 Å². The smallest absolute Gasteiger partial charge is 0.167 e. The molecule has 3 N–H and O–H groups in total. The van der Waals surface area contributed by atoms with E-state index in [9.17, 15) is 4.39 Å². The minimum absolute atomic E-state index is 0.184. The zero-order chi connectivity index (χ0) is 18.9. The van der Waals surface area contributed by atoms with Crippen molar-refractivity contribution in [2.45, 2.75) is 25.8 Å². The summed E-state index contributed by atoms with van der Waals surface area (Å²) in [5, 5.41) is 7.20. The lowest BCUT2D eigenvalue weighted by Crippen LogP contribution is -3.05. The topological polar surface area (TPSA) is 28.5 Å². The molecule has 2 aromatic rings. The number of halogens is 1. The molecule has 0 fully saturated rings. The number of hydrogen-bond donors (Lipinski definition) is 3. The Morgan fingerprint density at radius 1 is 1.12 bits per heavy atom. The molecule has 0 aromatic heterocycles. The zero-order valence-corrected chi connectivity index (χ0v) is 16.6. The summed E-state index contributed by atoms with van der Waals surface area (Å²) in [7, 11) is 4.27. The van der Waals surface area contributed by atoms with Crippen LogP contribution in [0.25, 0.3) is 0 Å².